The van der Waals surface area contributed by atoms with Crippen LogP contribution in [0.15, 0.2) is 23.2 Å². The topological polar surface area (TPSA) is 64.1 Å². The van der Waals surface area contributed by atoms with E-state index in [0.29, 0.717) is 13.2 Å². The highest BCUT2D eigenvalue weighted by molar-refractivity contribution is 14.0. The quantitative estimate of drug-likeness (QED) is 0.194. The number of guanidine groups is 1. The largest absolute Gasteiger partial charge is 0.490 e. The second-order valence-electron chi connectivity index (χ2n) is 6.81. The number of nitrogens with zero attached hydrogens (tertiary/aromatic N) is 1. The summed E-state index contributed by atoms with van der Waals surface area (Å²) in [5.74, 6) is 3.17. The predicted molar refractivity (Wildman–Crippen MR) is 125 cm³/mol. The van der Waals surface area contributed by atoms with Crippen molar-refractivity contribution in [1.29, 1.82) is 0 Å². The summed E-state index contributed by atoms with van der Waals surface area (Å²) < 4.78 is 17.0. The van der Waals surface area contributed by atoms with Crippen molar-refractivity contribution in [3.63, 3.8) is 0 Å². The van der Waals surface area contributed by atoms with E-state index in [1.807, 2.05) is 26.0 Å². The zero-order chi connectivity index (χ0) is 19.5. The monoisotopic (exact) mass is 505 g/mol. The molecule has 28 heavy (non-hydrogen) atoms. The van der Waals surface area contributed by atoms with Crippen molar-refractivity contribution in [2.24, 2.45) is 10.9 Å². The average molecular weight is 505 g/mol. The summed E-state index contributed by atoms with van der Waals surface area (Å²) in [6.45, 7) is 9.84. The Kier molecular flexibility index (Phi) is 12.3. The van der Waals surface area contributed by atoms with Gasteiger partial charge in [0.15, 0.2) is 17.5 Å². The SMILES string of the molecule is CCOc1ccc(C(C)NC(=NC)NCCCOCC2CC2)cc1OCC.I. The minimum atomic E-state index is 0. The molecule has 0 heterocycles. The summed E-state index contributed by atoms with van der Waals surface area (Å²) in [6, 6.07) is 6.15. The molecule has 0 bridgehead atoms. The number of hydrogen-bond acceptors (Lipinski definition) is 4. The number of nitrogens with one attached hydrogen (secondary N) is 2. The van der Waals surface area contributed by atoms with Crippen molar-refractivity contribution in [3.05, 3.63) is 23.8 Å². The Morgan fingerprint density at radius 2 is 1.89 bits per heavy atom. The standard InChI is InChI=1S/C21H35N3O3.HI/c1-5-26-19-11-10-18(14-20(19)27-6-2)16(3)24-21(22-4)23-12-7-13-25-15-17-8-9-17;/h10-11,14,16-17H,5-9,12-13,15H2,1-4H3,(H2,22,23,24);1H. The number of benzene rings is 1. The van der Waals surface area contributed by atoms with E-state index in [-0.39, 0.29) is 30.0 Å². The first kappa shape index (κ1) is 24.8. The van der Waals surface area contributed by atoms with Crippen molar-refractivity contribution < 1.29 is 14.2 Å². The maximum Gasteiger partial charge on any atom is 0.191 e. The van der Waals surface area contributed by atoms with Gasteiger partial charge in [-0.2, -0.15) is 0 Å². The van der Waals surface area contributed by atoms with Crippen molar-refractivity contribution in [2.45, 2.75) is 46.1 Å². The van der Waals surface area contributed by atoms with Crippen molar-refractivity contribution >= 4 is 29.9 Å². The van der Waals surface area contributed by atoms with Crippen LogP contribution in [-0.4, -0.2) is 46.0 Å². The second-order valence-corrected chi connectivity index (χ2v) is 6.81. The fourth-order valence-corrected chi connectivity index (χ4v) is 2.74. The van der Waals surface area contributed by atoms with Gasteiger partial charge >= 0.3 is 0 Å². The van der Waals surface area contributed by atoms with E-state index in [2.05, 4.69) is 28.6 Å². The molecular weight excluding hydrogens is 469 g/mol. The number of halogens is 1. The van der Waals surface area contributed by atoms with Gasteiger partial charge < -0.3 is 24.8 Å². The van der Waals surface area contributed by atoms with Crippen molar-refractivity contribution in [3.8, 4) is 11.5 Å². The maximum atomic E-state index is 5.72. The summed E-state index contributed by atoms with van der Waals surface area (Å²) in [5, 5.41) is 6.77. The van der Waals surface area contributed by atoms with E-state index in [1.54, 1.807) is 7.05 Å². The summed E-state index contributed by atoms with van der Waals surface area (Å²) in [6.07, 6.45) is 3.64. The van der Waals surface area contributed by atoms with Gasteiger partial charge in [0.05, 0.1) is 19.3 Å². The van der Waals surface area contributed by atoms with Crippen LogP contribution in [0.25, 0.3) is 0 Å². The molecule has 0 aliphatic heterocycles. The number of ether oxygens (including phenoxy) is 3. The smallest absolute Gasteiger partial charge is 0.191 e. The first-order valence-electron chi connectivity index (χ1n) is 10.1. The molecular formula is C21H36IN3O3. The predicted octanol–water partition coefficient (Wildman–Crippen LogP) is 4.14. The third-order valence-electron chi connectivity index (χ3n) is 4.45. The van der Waals surface area contributed by atoms with Gasteiger partial charge in [-0.3, -0.25) is 4.99 Å². The normalized spacial score (nSPS) is 14.8. The van der Waals surface area contributed by atoms with Gasteiger partial charge in [-0.05, 0) is 63.6 Å². The molecule has 1 aliphatic rings. The van der Waals surface area contributed by atoms with Crippen molar-refractivity contribution in [2.75, 3.05) is 40.0 Å². The van der Waals surface area contributed by atoms with Crippen LogP contribution >= 0.6 is 24.0 Å². The molecule has 1 fully saturated rings. The molecule has 1 aliphatic carbocycles. The second kappa shape index (κ2) is 13.9. The zero-order valence-electron chi connectivity index (χ0n) is 17.6. The minimum absolute atomic E-state index is 0. The van der Waals surface area contributed by atoms with Crippen molar-refractivity contribution in [1.82, 2.24) is 10.6 Å². The Balaban J connectivity index is 0.00000392. The molecule has 1 saturated carbocycles. The molecule has 1 unspecified atom stereocenters. The van der Waals surface area contributed by atoms with Crippen LogP contribution in [0.2, 0.25) is 0 Å². The van der Waals surface area contributed by atoms with E-state index < -0.39 is 0 Å². The molecule has 6 nitrogen and oxygen atoms in total. The Bertz CT molecular complexity index is 594. The van der Waals surface area contributed by atoms with Crippen LogP contribution in [0.5, 0.6) is 11.5 Å². The third kappa shape index (κ3) is 8.86. The van der Waals surface area contributed by atoms with Gasteiger partial charge in [0.1, 0.15) is 0 Å². The maximum absolute atomic E-state index is 5.72. The first-order chi connectivity index (χ1) is 13.2. The lowest BCUT2D eigenvalue weighted by molar-refractivity contribution is 0.123. The summed E-state index contributed by atoms with van der Waals surface area (Å²) >= 11 is 0. The highest BCUT2D eigenvalue weighted by Gasteiger charge is 2.20. The van der Waals surface area contributed by atoms with Gasteiger partial charge in [-0.1, -0.05) is 6.07 Å². The lowest BCUT2D eigenvalue weighted by Crippen LogP contribution is -2.39. The Labute approximate surface area is 186 Å². The van der Waals surface area contributed by atoms with Gasteiger partial charge in [0.2, 0.25) is 0 Å². The minimum Gasteiger partial charge on any atom is -0.490 e. The zero-order valence-corrected chi connectivity index (χ0v) is 20.0. The third-order valence-corrected chi connectivity index (χ3v) is 4.45. The Morgan fingerprint density at radius 1 is 1.18 bits per heavy atom. The number of aliphatic imine (C=N–C) groups is 1. The van der Waals surface area contributed by atoms with Crippen LogP contribution in [0.3, 0.4) is 0 Å². The van der Waals surface area contributed by atoms with Crippen LogP contribution in [0.4, 0.5) is 0 Å². The fraction of sp³-hybridized carbons (Fsp3) is 0.667. The molecule has 160 valence electrons. The molecule has 0 saturated heterocycles. The highest BCUT2D eigenvalue weighted by Crippen LogP contribution is 2.30. The van der Waals surface area contributed by atoms with E-state index >= 15 is 0 Å². The van der Waals surface area contributed by atoms with Gasteiger partial charge in [-0.15, -0.1) is 24.0 Å². The highest BCUT2D eigenvalue weighted by atomic mass is 127. The van der Waals surface area contributed by atoms with Crippen LogP contribution < -0.4 is 20.1 Å². The molecule has 0 spiro atoms. The molecule has 7 heteroatoms. The van der Waals surface area contributed by atoms with Gasteiger partial charge in [-0.25, -0.2) is 0 Å². The van der Waals surface area contributed by atoms with Crippen LogP contribution in [0.1, 0.15) is 51.6 Å². The molecule has 1 aromatic rings. The Hall–Kier alpha value is -1.22. The molecule has 0 amide bonds. The van der Waals surface area contributed by atoms with E-state index in [0.717, 1.165) is 55.1 Å². The lowest BCUT2D eigenvalue weighted by atomic mass is 10.1. The summed E-state index contributed by atoms with van der Waals surface area (Å²) in [7, 11) is 1.79. The number of rotatable bonds is 12. The van der Waals surface area contributed by atoms with E-state index in [1.165, 1.54) is 12.8 Å². The molecule has 0 aromatic heterocycles. The van der Waals surface area contributed by atoms with Crippen LogP contribution in [-0.2, 0) is 4.74 Å². The molecule has 2 N–H and O–H groups in total. The molecule has 1 aromatic carbocycles. The van der Waals surface area contributed by atoms with E-state index in [4.69, 9.17) is 14.2 Å². The summed E-state index contributed by atoms with van der Waals surface area (Å²) in [4.78, 5) is 4.31. The number of hydrogen-bond donors (Lipinski definition) is 2. The van der Waals surface area contributed by atoms with Crippen LogP contribution in [0, 0.1) is 5.92 Å². The van der Waals surface area contributed by atoms with Gasteiger partial charge in [0, 0.05) is 26.8 Å². The summed E-state index contributed by atoms with van der Waals surface area (Å²) in [5.41, 5.74) is 1.12. The lowest BCUT2D eigenvalue weighted by Gasteiger charge is -2.20. The fourth-order valence-electron chi connectivity index (χ4n) is 2.74. The average Bonchev–Trinajstić information content (AvgIpc) is 3.49. The first-order valence-corrected chi connectivity index (χ1v) is 10.1. The van der Waals surface area contributed by atoms with E-state index in [9.17, 15) is 0 Å². The molecule has 2 rings (SSSR count). The van der Waals surface area contributed by atoms with Gasteiger partial charge in [0.25, 0.3) is 0 Å². The Morgan fingerprint density at radius 3 is 2.54 bits per heavy atom. The molecule has 1 atom stereocenters. The molecule has 0 radical (unpaired) electrons.